The van der Waals surface area contributed by atoms with Gasteiger partial charge < -0.3 is 4.42 Å². The van der Waals surface area contributed by atoms with Gasteiger partial charge in [0.05, 0.1) is 4.90 Å². The normalized spacial score (nSPS) is 15.7. The molecule has 1 aliphatic heterocycles. The minimum Gasteiger partial charge on any atom is -0.403 e. The highest BCUT2D eigenvalue weighted by atomic mass is 32.2. The number of hydrogen-bond donors (Lipinski definition) is 1. The zero-order valence-electron chi connectivity index (χ0n) is 17.4. The molecule has 162 valence electrons. The number of nitrogens with zero attached hydrogens (tertiary/aromatic N) is 3. The Hall–Kier alpha value is -3.04. The highest BCUT2D eigenvalue weighted by molar-refractivity contribution is 7.89. The molecule has 2 aromatic carbocycles. The molecule has 0 saturated carbocycles. The van der Waals surface area contributed by atoms with E-state index in [-0.39, 0.29) is 35.8 Å². The van der Waals surface area contributed by atoms with Crippen LogP contribution in [0.25, 0.3) is 11.5 Å². The standard InChI is InChI=1S/C22H24N4O4S/c1-15-8-9-19(14-16(15)2)31(28,29)26-12-10-17(11-13-26)20(27)23-22-25-24-21(30-22)18-6-4-3-5-7-18/h3-9,14,17H,10-13H2,1-2H3,(H,23,25,27). The van der Waals surface area contributed by atoms with Gasteiger partial charge in [-0.2, -0.15) is 4.31 Å². The molecule has 2 heterocycles. The maximum Gasteiger partial charge on any atom is 0.322 e. The molecule has 1 saturated heterocycles. The number of carbonyl (C=O) groups excluding carboxylic acids is 1. The van der Waals surface area contributed by atoms with Gasteiger partial charge in [0, 0.05) is 24.6 Å². The predicted octanol–water partition coefficient (Wildman–Crippen LogP) is 3.39. The number of piperidine rings is 1. The third-order valence-corrected chi connectivity index (χ3v) is 7.51. The summed E-state index contributed by atoms with van der Waals surface area (Å²) in [5, 5.41) is 10.5. The second-order valence-electron chi connectivity index (χ2n) is 7.69. The second-order valence-corrected chi connectivity index (χ2v) is 9.63. The van der Waals surface area contributed by atoms with E-state index in [0.717, 1.165) is 16.7 Å². The summed E-state index contributed by atoms with van der Waals surface area (Å²) < 4.78 is 32.9. The second kappa shape index (κ2) is 8.60. The molecule has 1 fully saturated rings. The van der Waals surface area contributed by atoms with Crippen molar-refractivity contribution in [2.75, 3.05) is 18.4 Å². The molecule has 1 aliphatic rings. The van der Waals surface area contributed by atoms with E-state index in [4.69, 9.17) is 4.42 Å². The number of amides is 1. The minimum atomic E-state index is -3.58. The van der Waals surface area contributed by atoms with Gasteiger partial charge in [-0.05, 0) is 62.1 Å². The Kier molecular flexibility index (Phi) is 5.88. The van der Waals surface area contributed by atoms with Gasteiger partial charge >= 0.3 is 6.01 Å². The average Bonchev–Trinajstić information content (AvgIpc) is 3.24. The van der Waals surface area contributed by atoms with Crippen LogP contribution in [0.5, 0.6) is 0 Å². The van der Waals surface area contributed by atoms with Crippen LogP contribution in [0, 0.1) is 19.8 Å². The molecule has 0 radical (unpaired) electrons. The molecular formula is C22H24N4O4S. The van der Waals surface area contributed by atoms with E-state index >= 15 is 0 Å². The van der Waals surface area contributed by atoms with Crippen molar-refractivity contribution >= 4 is 21.9 Å². The van der Waals surface area contributed by atoms with Crippen LogP contribution in [0.3, 0.4) is 0 Å². The Labute approximate surface area is 181 Å². The first kappa shape index (κ1) is 21.2. The fraction of sp³-hybridized carbons (Fsp3) is 0.318. The summed E-state index contributed by atoms with van der Waals surface area (Å²) in [6.45, 7) is 4.41. The lowest BCUT2D eigenvalue weighted by Gasteiger charge is -2.30. The molecular weight excluding hydrogens is 416 g/mol. The summed E-state index contributed by atoms with van der Waals surface area (Å²) >= 11 is 0. The van der Waals surface area contributed by atoms with E-state index in [9.17, 15) is 13.2 Å². The SMILES string of the molecule is Cc1ccc(S(=O)(=O)N2CCC(C(=O)Nc3nnc(-c4ccccc4)o3)CC2)cc1C. The Morgan fingerprint density at radius 2 is 1.74 bits per heavy atom. The van der Waals surface area contributed by atoms with E-state index in [0.29, 0.717) is 18.7 Å². The summed E-state index contributed by atoms with van der Waals surface area (Å²) in [5.74, 6) is -0.241. The van der Waals surface area contributed by atoms with E-state index in [2.05, 4.69) is 15.5 Å². The molecule has 0 atom stereocenters. The van der Waals surface area contributed by atoms with Crippen LogP contribution in [0.2, 0.25) is 0 Å². The number of rotatable bonds is 5. The van der Waals surface area contributed by atoms with Gasteiger partial charge in [-0.1, -0.05) is 29.4 Å². The maximum absolute atomic E-state index is 12.9. The molecule has 0 spiro atoms. The van der Waals surface area contributed by atoms with E-state index < -0.39 is 10.0 Å². The quantitative estimate of drug-likeness (QED) is 0.652. The van der Waals surface area contributed by atoms with Crippen LogP contribution in [-0.2, 0) is 14.8 Å². The number of hydrogen-bond acceptors (Lipinski definition) is 6. The Morgan fingerprint density at radius 3 is 2.42 bits per heavy atom. The smallest absolute Gasteiger partial charge is 0.322 e. The third kappa shape index (κ3) is 4.52. The van der Waals surface area contributed by atoms with Crippen molar-refractivity contribution in [3.8, 4) is 11.5 Å². The van der Waals surface area contributed by atoms with E-state index in [1.54, 1.807) is 12.1 Å². The molecule has 1 amide bonds. The molecule has 1 aromatic heterocycles. The van der Waals surface area contributed by atoms with Crippen molar-refractivity contribution in [3.63, 3.8) is 0 Å². The van der Waals surface area contributed by atoms with Crippen LogP contribution in [0.15, 0.2) is 57.8 Å². The molecule has 8 nitrogen and oxygen atoms in total. The van der Waals surface area contributed by atoms with Gasteiger partial charge in [-0.25, -0.2) is 8.42 Å². The zero-order valence-corrected chi connectivity index (χ0v) is 18.2. The summed E-state index contributed by atoms with van der Waals surface area (Å²) in [6.07, 6.45) is 0.852. The van der Waals surface area contributed by atoms with Crippen LogP contribution in [0.4, 0.5) is 6.01 Å². The molecule has 0 bridgehead atoms. The molecule has 1 N–H and O–H groups in total. The van der Waals surface area contributed by atoms with Gasteiger partial charge in [-0.15, -0.1) is 5.10 Å². The number of sulfonamides is 1. The summed E-state index contributed by atoms with van der Waals surface area (Å²) in [6, 6.07) is 14.5. The number of aryl methyl sites for hydroxylation is 2. The van der Waals surface area contributed by atoms with Crippen molar-refractivity contribution < 1.29 is 17.6 Å². The lowest BCUT2D eigenvalue weighted by atomic mass is 9.97. The zero-order chi connectivity index (χ0) is 22.0. The fourth-order valence-electron chi connectivity index (χ4n) is 3.56. The van der Waals surface area contributed by atoms with Crippen LogP contribution in [-0.4, -0.2) is 41.9 Å². The van der Waals surface area contributed by atoms with Crippen LogP contribution >= 0.6 is 0 Å². The van der Waals surface area contributed by atoms with Crippen LogP contribution < -0.4 is 5.32 Å². The van der Waals surface area contributed by atoms with Gasteiger partial charge in [-0.3, -0.25) is 10.1 Å². The maximum atomic E-state index is 12.9. The van der Waals surface area contributed by atoms with Crippen LogP contribution in [0.1, 0.15) is 24.0 Å². The molecule has 9 heteroatoms. The molecule has 3 aromatic rings. The van der Waals surface area contributed by atoms with Gasteiger partial charge in [0.15, 0.2) is 0 Å². The first-order chi connectivity index (χ1) is 14.8. The summed E-state index contributed by atoms with van der Waals surface area (Å²) in [5.41, 5.74) is 2.75. The number of carbonyl (C=O) groups is 1. The topological polar surface area (TPSA) is 105 Å². The molecule has 0 aliphatic carbocycles. The number of benzene rings is 2. The first-order valence-electron chi connectivity index (χ1n) is 10.1. The Bertz CT molecular complexity index is 1180. The van der Waals surface area contributed by atoms with Gasteiger partial charge in [0.2, 0.25) is 21.8 Å². The van der Waals surface area contributed by atoms with E-state index in [1.807, 2.05) is 50.2 Å². The first-order valence-corrected chi connectivity index (χ1v) is 11.6. The molecule has 4 rings (SSSR count). The number of aromatic nitrogens is 2. The number of anilines is 1. The van der Waals surface area contributed by atoms with Crippen molar-refractivity contribution in [3.05, 3.63) is 59.7 Å². The fourth-order valence-corrected chi connectivity index (χ4v) is 5.12. The van der Waals surface area contributed by atoms with Crippen molar-refractivity contribution in [1.82, 2.24) is 14.5 Å². The monoisotopic (exact) mass is 440 g/mol. The average molecular weight is 441 g/mol. The third-order valence-electron chi connectivity index (χ3n) is 5.62. The Balaban J connectivity index is 1.37. The molecule has 31 heavy (non-hydrogen) atoms. The van der Waals surface area contributed by atoms with Crippen molar-refractivity contribution in [1.29, 1.82) is 0 Å². The van der Waals surface area contributed by atoms with E-state index in [1.165, 1.54) is 4.31 Å². The predicted molar refractivity (Wildman–Crippen MR) is 116 cm³/mol. The lowest BCUT2D eigenvalue weighted by Crippen LogP contribution is -2.41. The minimum absolute atomic E-state index is 0.0361. The van der Waals surface area contributed by atoms with Gasteiger partial charge in [0.1, 0.15) is 0 Å². The van der Waals surface area contributed by atoms with Gasteiger partial charge in [0.25, 0.3) is 0 Å². The van der Waals surface area contributed by atoms with Crippen molar-refractivity contribution in [2.24, 2.45) is 5.92 Å². The highest BCUT2D eigenvalue weighted by Gasteiger charge is 2.32. The largest absolute Gasteiger partial charge is 0.403 e. The number of nitrogens with one attached hydrogen (secondary N) is 1. The molecule has 0 unspecified atom stereocenters. The highest BCUT2D eigenvalue weighted by Crippen LogP contribution is 2.26. The Morgan fingerprint density at radius 1 is 1.03 bits per heavy atom. The van der Waals surface area contributed by atoms with Crippen molar-refractivity contribution in [2.45, 2.75) is 31.6 Å². The summed E-state index contributed by atoms with van der Waals surface area (Å²) in [4.78, 5) is 12.9. The lowest BCUT2D eigenvalue weighted by molar-refractivity contribution is -0.121. The summed E-state index contributed by atoms with van der Waals surface area (Å²) in [7, 11) is -3.58.